The van der Waals surface area contributed by atoms with Crippen LogP contribution in [0.3, 0.4) is 0 Å². The van der Waals surface area contributed by atoms with E-state index in [1.165, 1.54) is 0 Å². The number of pyridine rings is 1. The van der Waals surface area contributed by atoms with Gasteiger partial charge in [-0.05, 0) is 44.6 Å². The first-order valence-corrected chi connectivity index (χ1v) is 6.19. The summed E-state index contributed by atoms with van der Waals surface area (Å²) in [5.41, 5.74) is 3.08. The van der Waals surface area contributed by atoms with Crippen molar-refractivity contribution in [1.29, 1.82) is 0 Å². The molecule has 0 aliphatic carbocycles. The van der Waals surface area contributed by atoms with Gasteiger partial charge < -0.3 is 9.72 Å². The number of aromatic amines is 1. The van der Waals surface area contributed by atoms with E-state index in [2.05, 4.69) is 16.9 Å². The van der Waals surface area contributed by atoms with Crippen molar-refractivity contribution in [3.05, 3.63) is 22.6 Å². The van der Waals surface area contributed by atoms with Crippen LogP contribution in [0.15, 0.2) is 12.3 Å². The molecule has 0 amide bonds. The third-order valence-electron chi connectivity index (χ3n) is 2.82. The molecule has 0 radical (unpaired) electrons. The van der Waals surface area contributed by atoms with Crippen LogP contribution in [-0.2, 0) is 4.74 Å². The van der Waals surface area contributed by atoms with Gasteiger partial charge in [0.1, 0.15) is 0 Å². The van der Waals surface area contributed by atoms with Gasteiger partial charge in [-0.15, -0.1) is 0 Å². The van der Waals surface area contributed by atoms with Crippen LogP contribution >= 0.6 is 12.2 Å². The first-order chi connectivity index (χ1) is 8.15. The number of nitrogens with zero attached hydrogens (tertiary/aromatic N) is 2. The molecule has 0 aliphatic rings. The minimum absolute atomic E-state index is 0.186. The first-order valence-electron chi connectivity index (χ1n) is 5.78. The number of fused-ring (bicyclic) bond motifs is 1. The van der Waals surface area contributed by atoms with Crippen molar-refractivity contribution in [3.8, 4) is 0 Å². The number of imidazole rings is 1. The number of rotatable bonds is 4. The van der Waals surface area contributed by atoms with Crippen LogP contribution in [0.1, 0.15) is 25.5 Å². The van der Waals surface area contributed by atoms with E-state index in [4.69, 9.17) is 17.0 Å². The van der Waals surface area contributed by atoms with Crippen molar-refractivity contribution in [1.82, 2.24) is 14.5 Å². The summed E-state index contributed by atoms with van der Waals surface area (Å²) in [5, 5.41) is 0. The molecule has 0 fully saturated rings. The Balaban J connectivity index is 2.50. The number of hydrogen-bond acceptors (Lipinski definition) is 3. The van der Waals surface area contributed by atoms with Gasteiger partial charge in [0.25, 0.3) is 0 Å². The standard InChI is InChI=1S/C12H17N3OS/c1-4-16-7-9(3)15-11-10(14-12(15)17)8(2)5-6-13-11/h5-6,9H,4,7H2,1-3H3,(H,14,17). The van der Waals surface area contributed by atoms with Gasteiger partial charge in [-0.25, -0.2) is 4.98 Å². The van der Waals surface area contributed by atoms with E-state index in [0.29, 0.717) is 18.0 Å². The molecule has 1 unspecified atom stereocenters. The van der Waals surface area contributed by atoms with E-state index in [1.54, 1.807) is 0 Å². The van der Waals surface area contributed by atoms with Crippen molar-refractivity contribution in [2.45, 2.75) is 26.8 Å². The van der Waals surface area contributed by atoms with Crippen LogP contribution in [-0.4, -0.2) is 27.7 Å². The fraction of sp³-hybridized carbons (Fsp3) is 0.500. The molecule has 2 heterocycles. The maximum atomic E-state index is 5.44. The molecular formula is C12H17N3OS. The van der Waals surface area contributed by atoms with E-state index >= 15 is 0 Å². The topological polar surface area (TPSA) is 42.8 Å². The van der Waals surface area contributed by atoms with E-state index in [-0.39, 0.29) is 6.04 Å². The highest BCUT2D eigenvalue weighted by molar-refractivity contribution is 7.71. The minimum atomic E-state index is 0.186. The van der Waals surface area contributed by atoms with Crippen LogP contribution < -0.4 is 0 Å². The predicted molar refractivity (Wildman–Crippen MR) is 70.9 cm³/mol. The van der Waals surface area contributed by atoms with Crippen molar-refractivity contribution in [2.24, 2.45) is 0 Å². The van der Waals surface area contributed by atoms with Crippen molar-refractivity contribution in [2.75, 3.05) is 13.2 Å². The van der Waals surface area contributed by atoms with Gasteiger partial charge in [-0.1, -0.05) is 0 Å². The molecule has 1 atom stereocenters. The molecule has 17 heavy (non-hydrogen) atoms. The lowest BCUT2D eigenvalue weighted by atomic mass is 10.2. The highest BCUT2D eigenvalue weighted by Gasteiger charge is 2.13. The Morgan fingerprint density at radius 3 is 3.06 bits per heavy atom. The zero-order chi connectivity index (χ0) is 12.4. The summed E-state index contributed by atoms with van der Waals surface area (Å²) in [6.45, 7) is 7.49. The molecule has 2 aromatic heterocycles. The number of aromatic nitrogens is 3. The van der Waals surface area contributed by atoms with Crippen molar-refractivity contribution < 1.29 is 4.74 Å². The second kappa shape index (κ2) is 4.98. The molecule has 0 spiro atoms. The van der Waals surface area contributed by atoms with Gasteiger partial charge in [-0.2, -0.15) is 0 Å². The Morgan fingerprint density at radius 2 is 2.35 bits per heavy atom. The van der Waals surface area contributed by atoms with Crippen LogP contribution in [0, 0.1) is 11.7 Å². The lowest BCUT2D eigenvalue weighted by Crippen LogP contribution is -2.12. The number of hydrogen-bond donors (Lipinski definition) is 1. The number of nitrogens with one attached hydrogen (secondary N) is 1. The van der Waals surface area contributed by atoms with Gasteiger partial charge in [0, 0.05) is 12.8 Å². The van der Waals surface area contributed by atoms with E-state index in [1.807, 2.05) is 30.7 Å². The molecule has 5 heteroatoms. The SMILES string of the molecule is CCOCC(C)n1c(=S)[nH]c2c(C)ccnc21. The average Bonchev–Trinajstić information content (AvgIpc) is 2.64. The fourth-order valence-corrected chi connectivity index (χ4v) is 2.28. The molecule has 92 valence electrons. The molecule has 2 aromatic rings. The molecule has 0 aromatic carbocycles. The van der Waals surface area contributed by atoms with Crippen LogP contribution in [0.4, 0.5) is 0 Å². The number of ether oxygens (including phenoxy) is 1. The van der Waals surface area contributed by atoms with E-state index in [0.717, 1.165) is 16.7 Å². The lowest BCUT2D eigenvalue weighted by Gasteiger charge is -2.13. The first kappa shape index (κ1) is 12.3. The maximum absolute atomic E-state index is 5.44. The third-order valence-corrected chi connectivity index (χ3v) is 3.12. The molecule has 4 nitrogen and oxygen atoms in total. The molecule has 0 saturated heterocycles. The molecule has 0 saturated carbocycles. The third kappa shape index (κ3) is 2.25. The summed E-state index contributed by atoms with van der Waals surface area (Å²) in [6.07, 6.45) is 1.81. The summed E-state index contributed by atoms with van der Waals surface area (Å²) in [7, 11) is 0. The summed E-state index contributed by atoms with van der Waals surface area (Å²) in [4.78, 5) is 7.61. The zero-order valence-electron chi connectivity index (χ0n) is 10.4. The van der Waals surface area contributed by atoms with Gasteiger partial charge in [0.15, 0.2) is 10.4 Å². The number of H-pyrrole nitrogens is 1. The summed E-state index contributed by atoms with van der Waals surface area (Å²) >= 11 is 5.35. The smallest absolute Gasteiger partial charge is 0.179 e. The average molecular weight is 251 g/mol. The van der Waals surface area contributed by atoms with Crippen LogP contribution in [0.25, 0.3) is 11.2 Å². The van der Waals surface area contributed by atoms with Crippen molar-refractivity contribution >= 4 is 23.4 Å². The lowest BCUT2D eigenvalue weighted by molar-refractivity contribution is 0.119. The van der Waals surface area contributed by atoms with Crippen LogP contribution in [0.2, 0.25) is 0 Å². The van der Waals surface area contributed by atoms with Gasteiger partial charge in [-0.3, -0.25) is 4.57 Å². The van der Waals surface area contributed by atoms with E-state index < -0.39 is 0 Å². The summed E-state index contributed by atoms with van der Waals surface area (Å²) < 4.78 is 8.17. The monoisotopic (exact) mass is 251 g/mol. The highest BCUT2D eigenvalue weighted by atomic mass is 32.1. The minimum Gasteiger partial charge on any atom is -0.380 e. The molecule has 2 rings (SSSR count). The summed E-state index contributed by atoms with van der Waals surface area (Å²) in [5.74, 6) is 0. The zero-order valence-corrected chi connectivity index (χ0v) is 11.2. The Hall–Kier alpha value is -1.20. The Bertz CT molecular complexity index is 573. The molecule has 0 aliphatic heterocycles. The summed E-state index contributed by atoms with van der Waals surface area (Å²) in [6, 6.07) is 2.16. The van der Waals surface area contributed by atoms with E-state index in [9.17, 15) is 0 Å². The Morgan fingerprint density at radius 1 is 1.59 bits per heavy atom. The highest BCUT2D eigenvalue weighted by Crippen LogP contribution is 2.19. The van der Waals surface area contributed by atoms with Crippen molar-refractivity contribution in [3.63, 3.8) is 0 Å². The molecule has 0 bridgehead atoms. The van der Waals surface area contributed by atoms with Gasteiger partial charge in [0.2, 0.25) is 0 Å². The Kier molecular flexibility index (Phi) is 3.59. The Labute approximate surface area is 106 Å². The largest absolute Gasteiger partial charge is 0.380 e. The molecule has 1 N–H and O–H groups in total. The second-order valence-corrected chi connectivity index (χ2v) is 4.52. The molecular weight excluding hydrogens is 234 g/mol. The quantitative estimate of drug-likeness (QED) is 0.849. The normalized spacial score (nSPS) is 13.1. The second-order valence-electron chi connectivity index (χ2n) is 4.14. The fourth-order valence-electron chi connectivity index (χ4n) is 1.92. The van der Waals surface area contributed by atoms with Gasteiger partial charge >= 0.3 is 0 Å². The number of aryl methyl sites for hydroxylation is 1. The maximum Gasteiger partial charge on any atom is 0.179 e. The predicted octanol–water partition coefficient (Wildman–Crippen LogP) is 3.00. The van der Waals surface area contributed by atoms with Crippen LogP contribution in [0.5, 0.6) is 0 Å². The van der Waals surface area contributed by atoms with Gasteiger partial charge in [0.05, 0.1) is 18.2 Å².